The lowest BCUT2D eigenvalue weighted by Crippen LogP contribution is -1.77. The molecule has 1 aromatic rings. The Morgan fingerprint density at radius 2 is 1.90 bits per heavy atom. The van der Waals surface area contributed by atoms with E-state index in [0.717, 1.165) is 6.08 Å². The lowest BCUT2D eigenvalue weighted by atomic mass is 10.2. The highest BCUT2D eigenvalue weighted by Gasteiger charge is 1.93. The third-order valence-corrected chi connectivity index (χ3v) is 1.15. The lowest BCUT2D eigenvalue weighted by molar-refractivity contribution is 0.624. The Hall–Kier alpha value is -1.18. The standard InChI is InChI=1S/C8H6F2/c9-6-5-7-3-1-2-4-8(7)10/h1-6H/b6-5-. The van der Waals surface area contributed by atoms with Gasteiger partial charge in [-0.2, -0.15) is 0 Å². The second kappa shape index (κ2) is 3.11. The van der Waals surface area contributed by atoms with Crippen LogP contribution in [0.2, 0.25) is 0 Å². The van der Waals surface area contributed by atoms with Crippen molar-refractivity contribution < 1.29 is 8.78 Å². The molecule has 0 aliphatic carbocycles. The van der Waals surface area contributed by atoms with Gasteiger partial charge in [0.2, 0.25) is 0 Å². The van der Waals surface area contributed by atoms with E-state index in [1.165, 1.54) is 12.1 Å². The van der Waals surface area contributed by atoms with Crippen LogP contribution in [0.1, 0.15) is 5.56 Å². The van der Waals surface area contributed by atoms with Gasteiger partial charge in [0, 0.05) is 5.56 Å². The monoisotopic (exact) mass is 140 g/mol. The van der Waals surface area contributed by atoms with E-state index >= 15 is 0 Å². The molecule has 0 spiro atoms. The average molecular weight is 140 g/mol. The first-order valence-electron chi connectivity index (χ1n) is 2.86. The maximum absolute atomic E-state index is 12.6. The second-order valence-electron chi connectivity index (χ2n) is 1.81. The number of halogens is 2. The summed E-state index contributed by atoms with van der Waals surface area (Å²) in [5.41, 5.74) is 0.269. The Balaban J connectivity index is 3.03. The molecule has 0 aliphatic rings. The summed E-state index contributed by atoms with van der Waals surface area (Å²) in [5, 5.41) is 0. The van der Waals surface area contributed by atoms with Gasteiger partial charge in [-0.3, -0.25) is 0 Å². The summed E-state index contributed by atoms with van der Waals surface area (Å²) in [7, 11) is 0. The lowest BCUT2D eigenvalue weighted by Gasteiger charge is -1.91. The fourth-order valence-corrected chi connectivity index (χ4v) is 0.678. The highest BCUT2D eigenvalue weighted by atomic mass is 19.1. The van der Waals surface area contributed by atoms with Gasteiger partial charge in [-0.15, -0.1) is 0 Å². The molecule has 0 radical (unpaired) electrons. The Morgan fingerprint density at radius 1 is 1.20 bits per heavy atom. The molecule has 10 heavy (non-hydrogen) atoms. The molecule has 1 rings (SSSR count). The van der Waals surface area contributed by atoms with Crippen LogP contribution in [0, 0.1) is 5.82 Å². The van der Waals surface area contributed by atoms with E-state index in [9.17, 15) is 8.78 Å². The molecule has 52 valence electrons. The summed E-state index contributed by atoms with van der Waals surface area (Å²) in [6.45, 7) is 0. The Kier molecular flexibility index (Phi) is 2.15. The predicted octanol–water partition coefficient (Wildman–Crippen LogP) is 2.77. The van der Waals surface area contributed by atoms with Gasteiger partial charge >= 0.3 is 0 Å². The van der Waals surface area contributed by atoms with Gasteiger partial charge in [0.15, 0.2) is 0 Å². The largest absolute Gasteiger partial charge is 0.216 e. The Morgan fingerprint density at radius 3 is 2.50 bits per heavy atom. The Labute approximate surface area is 57.8 Å². The first kappa shape index (κ1) is 6.93. The molecule has 0 aromatic heterocycles. The third-order valence-electron chi connectivity index (χ3n) is 1.15. The number of benzene rings is 1. The molecule has 0 unspecified atom stereocenters. The first-order chi connectivity index (χ1) is 4.84. The molecule has 0 fully saturated rings. The molecule has 1 aromatic carbocycles. The molecule has 0 saturated heterocycles. The van der Waals surface area contributed by atoms with Crippen LogP contribution in [-0.4, -0.2) is 0 Å². The van der Waals surface area contributed by atoms with Crippen LogP contribution in [0.15, 0.2) is 30.6 Å². The van der Waals surface area contributed by atoms with Crippen LogP contribution < -0.4 is 0 Å². The van der Waals surface area contributed by atoms with Crippen molar-refractivity contribution >= 4 is 6.08 Å². The maximum Gasteiger partial charge on any atom is 0.130 e. The minimum Gasteiger partial charge on any atom is -0.216 e. The van der Waals surface area contributed by atoms with E-state index in [-0.39, 0.29) is 5.56 Å². The van der Waals surface area contributed by atoms with Crippen LogP contribution >= 0.6 is 0 Å². The van der Waals surface area contributed by atoms with Crippen molar-refractivity contribution in [3.8, 4) is 0 Å². The number of hydrogen-bond acceptors (Lipinski definition) is 0. The number of rotatable bonds is 1. The van der Waals surface area contributed by atoms with Gasteiger partial charge in [-0.1, -0.05) is 18.2 Å². The predicted molar refractivity (Wildman–Crippen MR) is 36.5 cm³/mol. The average Bonchev–Trinajstić information content (AvgIpc) is 1.94. The smallest absolute Gasteiger partial charge is 0.130 e. The minimum atomic E-state index is -0.406. The highest BCUT2D eigenvalue weighted by Crippen LogP contribution is 2.07. The van der Waals surface area contributed by atoms with E-state index in [1.54, 1.807) is 12.1 Å². The van der Waals surface area contributed by atoms with Gasteiger partial charge in [-0.05, 0) is 12.1 Å². The van der Waals surface area contributed by atoms with Crippen molar-refractivity contribution in [3.05, 3.63) is 42.0 Å². The van der Waals surface area contributed by atoms with Crippen molar-refractivity contribution in [1.29, 1.82) is 0 Å². The summed E-state index contributed by atoms with van der Waals surface area (Å²) in [6, 6.07) is 6.00. The van der Waals surface area contributed by atoms with Crippen LogP contribution in [-0.2, 0) is 0 Å². The van der Waals surface area contributed by atoms with Crippen LogP contribution in [0.4, 0.5) is 8.78 Å². The van der Waals surface area contributed by atoms with Gasteiger partial charge in [-0.25, -0.2) is 8.78 Å². The maximum atomic E-state index is 12.6. The van der Waals surface area contributed by atoms with Crippen molar-refractivity contribution in [3.63, 3.8) is 0 Å². The van der Waals surface area contributed by atoms with Crippen molar-refractivity contribution in [2.24, 2.45) is 0 Å². The van der Waals surface area contributed by atoms with Crippen LogP contribution in [0.5, 0.6) is 0 Å². The van der Waals surface area contributed by atoms with E-state index < -0.39 is 5.82 Å². The van der Waals surface area contributed by atoms with E-state index in [1.807, 2.05) is 0 Å². The zero-order chi connectivity index (χ0) is 7.40. The van der Waals surface area contributed by atoms with Crippen LogP contribution in [0.3, 0.4) is 0 Å². The summed E-state index contributed by atoms with van der Waals surface area (Å²) in [5.74, 6) is -0.406. The molecule has 0 amide bonds. The summed E-state index contributed by atoms with van der Waals surface area (Å²) in [4.78, 5) is 0. The highest BCUT2D eigenvalue weighted by molar-refractivity contribution is 5.48. The molecule has 0 N–H and O–H groups in total. The molecule has 0 nitrogen and oxygen atoms in total. The van der Waals surface area contributed by atoms with E-state index in [4.69, 9.17) is 0 Å². The van der Waals surface area contributed by atoms with Gasteiger partial charge in [0.05, 0.1) is 6.33 Å². The van der Waals surface area contributed by atoms with E-state index in [0.29, 0.717) is 6.33 Å². The number of hydrogen-bond donors (Lipinski definition) is 0. The molecule has 0 saturated carbocycles. The SMILES string of the molecule is F/C=C\c1ccccc1F. The third kappa shape index (κ3) is 1.41. The van der Waals surface area contributed by atoms with Gasteiger partial charge in [0.25, 0.3) is 0 Å². The van der Waals surface area contributed by atoms with Crippen LogP contribution in [0.25, 0.3) is 6.08 Å². The molecule has 0 bridgehead atoms. The zero-order valence-electron chi connectivity index (χ0n) is 5.22. The van der Waals surface area contributed by atoms with Gasteiger partial charge < -0.3 is 0 Å². The van der Waals surface area contributed by atoms with Gasteiger partial charge in [0.1, 0.15) is 5.82 Å². The zero-order valence-corrected chi connectivity index (χ0v) is 5.22. The minimum absolute atomic E-state index is 0.269. The quantitative estimate of drug-likeness (QED) is 0.562. The normalized spacial score (nSPS) is 10.6. The van der Waals surface area contributed by atoms with Crippen molar-refractivity contribution in [2.75, 3.05) is 0 Å². The topological polar surface area (TPSA) is 0 Å². The molecule has 0 aliphatic heterocycles. The van der Waals surface area contributed by atoms with E-state index in [2.05, 4.69) is 0 Å². The van der Waals surface area contributed by atoms with Crippen molar-refractivity contribution in [1.82, 2.24) is 0 Å². The fraction of sp³-hybridized carbons (Fsp3) is 0. The molecule has 2 heteroatoms. The summed E-state index contributed by atoms with van der Waals surface area (Å²) >= 11 is 0. The summed E-state index contributed by atoms with van der Waals surface area (Å²) < 4.78 is 24.1. The Bertz CT molecular complexity index is 241. The molecule has 0 atom stereocenters. The first-order valence-corrected chi connectivity index (χ1v) is 2.86. The molecular formula is C8H6F2. The molecule has 0 heterocycles. The summed E-state index contributed by atoms with van der Waals surface area (Å²) in [6.07, 6.45) is 1.40. The fourth-order valence-electron chi connectivity index (χ4n) is 0.678. The molecular weight excluding hydrogens is 134 g/mol. The van der Waals surface area contributed by atoms with Crippen molar-refractivity contribution in [2.45, 2.75) is 0 Å². The second-order valence-corrected chi connectivity index (χ2v) is 1.81.